The molecule has 1 aromatic carbocycles. The number of hydrogen-bond acceptors (Lipinski definition) is 6. The molecule has 3 aromatic rings. The number of aromatic nitrogens is 2. The molecule has 0 saturated heterocycles. The highest BCUT2D eigenvalue weighted by Crippen LogP contribution is 2.37. The average Bonchev–Trinajstić information content (AvgIpc) is 2.94. The Balaban J connectivity index is 1.77. The van der Waals surface area contributed by atoms with E-state index in [0.29, 0.717) is 11.6 Å². The lowest BCUT2D eigenvalue weighted by atomic mass is 10.1. The number of aromatic hydroxyl groups is 1. The predicted octanol–water partition coefficient (Wildman–Crippen LogP) is 3.15. The first-order valence-corrected chi connectivity index (χ1v) is 7.87. The van der Waals surface area contributed by atoms with Crippen molar-refractivity contribution < 1.29 is 9.90 Å². The fourth-order valence-corrected chi connectivity index (χ4v) is 3.33. The Morgan fingerprint density at radius 2 is 2.13 bits per heavy atom. The Morgan fingerprint density at radius 1 is 1.26 bits per heavy atom. The third kappa shape index (κ3) is 2.51. The van der Waals surface area contributed by atoms with Crippen LogP contribution in [0.5, 0.6) is 5.75 Å². The third-order valence-electron chi connectivity index (χ3n) is 3.52. The van der Waals surface area contributed by atoms with Crippen LogP contribution < -0.4 is 10.6 Å². The Morgan fingerprint density at radius 3 is 3.00 bits per heavy atom. The lowest BCUT2D eigenvalue weighted by Gasteiger charge is -2.09. The van der Waals surface area contributed by atoms with Gasteiger partial charge in [-0.05, 0) is 23.6 Å². The molecule has 1 aliphatic rings. The number of para-hydroxylation sites is 2. The molecule has 6 nitrogen and oxygen atoms in total. The maximum atomic E-state index is 11.9. The second-order valence-corrected chi connectivity index (χ2v) is 6.01. The van der Waals surface area contributed by atoms with Gasteiger partial charge < -0.3 is 15.7 Å². The van der Waals surface area contributed by atoms with E-state index in [1.54, 1.807) is 24.4 Å². The summed E-state index contributed by atoms with van der Waals surface area (Å²) in [6, 6.07) is 8.75. The molecule has 1 amide bonds. The SMILES string of the molecule is O=C1Cc2cnc(Nc3ccccc3O)nc2-c2sccc2N1. The molecule has 0 aliphatic carbocycles. The molecule has 4 rings (SSSR count). The van der Waals surface area contributed by atoms with Gasteiger partial charge in [0.15, 0.2) is 0 Å². The largest absolute Gasteiger partial charge is 0.506 e. The Labute approximate surface area is 135 Å². The van der Waals surface area contributed by atoms with Crippen LogP contribution in [0.2, 0.25) is 0 Å². The number of amides is 1. The van der Waals surface area contributed by atoms with Gasteiger partial charge >= 0.3 is 0 Å². The molecule has 0 radical (unpaired) electrons. The Hall–Kier alpha value is -2.93. The number of nitrogens with one attached hydrogen (secondary N) is 2. The smallest absolute Gasteiger partial charge is 0.228 e. The number of hydrogen-bond donors (Lipinski definition) is 3. The third-order valence-corrected chi connectivity index (χ3v) is 4.44. The molecule has 0 spiro atoms. The number of phenolic OH excluding ortho intramolecular Hbond substituents is 1. The number of thiophene rings is 1. The monoisotopic (exact) mass is 324 g/mol. The summed E-state index contributed by atoms with van der Waals surface area (Å²) < 4.78 is 0. The maximum Gasteiger partial charge on any atom is 0.228 e. The maximum absolute atomic E-state index is 11.9. The molecule has 0 bridgehead atoms. The van der Waals surface area contributed by atoms with E-state index < -0.39 is 0 Å². The van der Waals surface area contributed by atoms with Gasteiger partial charge in [-0.25, -0.2) is 9.97 Å². The van der Waals surface area contributed by atoms with Crippen LogP contribution in [0.15, 0.2) is 41.9 Å². The van der Waals surface area contributed by atoms with Crippen molar-refractivity contribution in [3.05, 3.63) is 47.5 Å². The lowest BCUT2D eigenvalue weighted by molar-refractivity contribution is -0.115. The van der Waals surface area contributed by atoms with E-state index in [0.717, 1.165) is 21.8 Å². The van der Waals surface area contributed by atoms with E-state index in [1.165, 1.54) is 11.3 Å². The minimum absolute atomic E-state index is 0.0755. The average molecular weight is 324 g/mol. The van der Waals surface area contributed by atoms with Crippen LogP contribution in [0.25, 0.3) is 10.6 Å². The summed E-state index contributed by atoms with van der Waals surface area (Å²) >= 11 is 1.52. The van der Waals surface area contributed by atoms with Gasteiger partial charge in [0.25, 0.3) is 0 Å². The molecule has 0 atom stereocenters. The fraction of sp³-hybridized carbons (Fsp3) is 0.0625. The molecule has 23 heavy (non-hydrogen) atoms. The molecule has 0 unspecified atom stereocenters. The number of anilines is 3. The van der Waals surface area contributed by atoms with Crippen LogP contribution in [0.3, 0.4) is 0 Å². The molecular formula is C16H12N4O2S. The first-order chi connectivity index (χ1) is 11.2. The van der Waals surface area contributed by atoms with Gasteiger partial charge in [0.05, 0.1) is 28.4 Å². The predicted molar refractivity (Wildman–Crippen MR) is 89.1 cm³/mol. The first kappa shape index (κ1) is 13.7. The highest BCUT2D eigenvalue weighted by molar-refractivity contribution is 7.14. The van der Waals surface area contributed by atoms with E-state index in [1.807, 2.05) is 17.5 Å². The second kappa shape index (κ2) is 5.36. The highest BCUT2D eigenvalue weighted by Gasteiger charge is 2.22. The molecule has 3 N–H and O–H groups in total. The van der Waals surface area contributed by atoms with E-state index >= 15 is 0 Å². The van der Waals surface area contributed by atoms with Crippen LogP contribution in [-0.2, 0) is 11.2 Å². The summed E-state index contributed by atoms with van der Waals surface area (Å²) in [5, 5.41) is 17.6. The van der Waals surface area contributed by atoms with Crippen LogP contribution in [-0.4, -0.2) is 21.0 Å². The normalized spacial score (nSPS) is 12.8. The van der Waals surface area contributed by atoms with Gasteiger partial charge in [0, 0.05) is 11.8 Å². The topological polar surface area (TPSA) is 87.1 Å². The molecule has 114 valence electrons. The van der Waals surface area contributed by atoms with Gasteiger partial charge in [-0.2, -0.15) is 0 Å². The summed E-state index contributed by atoms with van der Waals surface area (Å²) in [4.78, 5) is 21.6. The van der Waals surface area contributed by atoms with Crippen molar-refractivity contribution >= 4 is 34.6 Å². The standard InChI is InChI=1S/C16H12N4O2S/c21-12-4-2-1-3-10(12)19-16-17-8-9-7-13(22)18-11-5-6-23-15(11)14(9)20-16/h1-6,8,21H,7H2,(H,18,22)(H,17,19,20). The number of benzene rings is 1. The van der Waals surface area contributed by atoms with E-state index in [-0.39, 0.29) is 18.1 Å². The minimum atomic E-state index is -0.0755. The highest BCUT2D eigenvalue weighted by atomic mass is 32.1. The second-order valence-electron chi connectivity index (χ2n) is 5.10. The summed E-state index contributed by atoms with van der Waals surface area (Å²) in [5.41, 5.74) is 2.82. The van der Waals surface area contributed by atoms with Crippen LogP contribution in [0, 0.1) is 0 Å². The van der Waals surface area contributed by atoms with Crippen molar-refractivity contribution in [2.75, 3.05) is 10.6 Å². The number of carbonyl (C=O) groups is 1. The lowest BCUT2D eigenvalue weighted by Crippen LogP contribution is -2.12. The first-order valence-electron chi connectivity index (χ1n) is 6.99. The van der Waals surface area contributed by atoms with E-state index in [4.69, 9.17) is 0 Å². The zero-order valence-electron chi connectivity index (χ0n) is 11.9. The van der Waals surface area contributed by atoms with Gasteiger partial charge in [-0.1, -0.05) is 12.1 Å². The Bertz CT molecular complexity index is 907. The summed E-state index contributed by atoms with van der Waals surface area (Å²) in [6.45, 7) is 0. The minimum Gasteiger partial charge on any atom is -0.506 e. The summed E-state index contributed by atoms with van der Waals surface area (Å²) in [6.07, 6.45) is 1.90. The van der Waals surface area contributed by atoms with Crippen LogP contribution >= 0.6 is 11.3 Å². The number of fused-ring (bicyclic) bond motifs is 3. The van der Waals surface area contributed by atoms with E-state index in [9.17, 15) is 9.90 Å². The van der Waals surface area contributed by atoms with Crippen molar-refractivity contribution in [3.8, 4) is 16.3 Å². The molecule has 2 aromatic heterocycles. The molecule has 1 aliphatic heterocycles. The van der Waals surface area contributed by atoms with Gasteiger partial charge in [0.2, 0.25) is 11.9 Å². The quantitative estimate of drug-likeness (QED) is 0.630. The van der Waals surface area contributed by atoms with Crippen LogP contribution in [0.4, 0.5) is 17.3 Å². The van der Waals surface area contributed by atoms with E-state index in [2.05, 4.69) is 20.6 Å². The van der Waals surface area contributed by atoms with Crippen molar-refractivity contribution in [2.45, 2.75) is 6.42 Å². The Kier molecular flexibility index (Phi) is 3.20. The molecule has 0 fully saturated rings. The molecule has 7 heteroatoms. The number of carbonyl (C=O) groups excluding carboxylic acids is 1. The number of phenols is 1. The number of nitrogens with zero attached hydrogens (tertiary/aromatic N) is 2. The zero-order valence-corrected chi connectivity index (χ0v) is 12.7. The molecule has 3 heterocycles. The van der Waals surface area contributed by atoms with Crippen molar-refractivity contribution in [2.24, 2.45) is 0 Å². The van der Waals surface area contributed by atoms with Gasteiger partial charge in [0.1, 0.15) is 5.75 Å². The van der Waals surface area contributed by atoms with Crippen molar-refractivity contribution in [3.63, 3.8) is 0 Å². The van der Waals surface area contributed by atoms with Gasteiger partial charge in [-0.3, -0.25) is 4.79 Å². The van der Waals surface area contributed by atoms with Crippen molar-refractivity contribution in [1.29, 1.82) is 0 Å². The summed E-state index contributed by atoms with van der Waals surface area (Å²) in [5.74, 6) is 0.423. The fourth-order valence-electron chi connectivity index (χ4n) is 2.45. The van der Waals surface area contributed by atoms with Gasteiger partial charge in [-0.15, -0.1) is 11.3 Å². The zero-order chi connectivity index (χ0) is 15.8. The molecular weight excluding hydrogens is 312 g/mol. The van der Waals surface area contributed by atoms with Crippen LogP contribution in [0.1, 0.15) is 5.56 Å². The summed E-state index contributed by atoms with van der Waals surface area (Å²) in [7, 11) is 0. The molecule has 0 saturated carbocycles. The van der Waals surface area contributed by atoms with Crippen molar-refractivity contribution in [1.82, 2.24) is 9.97 Å². The number of rotatable bonds is 2.